The van der Waals surface area contributed by atoms with Crippen molar-refractivity contribution in [3.05, 3.63) is 65.9 Å². The van der Waals surface area contributed by atoms with E-state index < -0.39 is 11.7 Å². The number of alkyl halides is 3. The van der Waals surface area contributed by atoms with Crippen LogP contribution in [-0.2, 0) is 6.18 Å². The largest absolute Gasteiger partial charge is 0.416 e. The molecule has 112 valence electrons. The number of pyridine rings is 1. The van der Waals surface area contributed by atoms with Gasteiger partial charge in [0.05, 0.1) is 11.1 Å². The van der Waals surface area contributed by atoms with Crippen molar-refractivity contribution in [3.63, 3.8) is 0 Å². The van der Waals surface area contributed by atoms with E-state index in [9.17, 15) is 13.2 Å². The van der Waals surface area contributed by atoms with E-state index in [2.05, 4.69) is 10.3 Å². The fourth-order valence-electron chi connectivity index (χ4n) is 2.27. The van der Waals surface area contributed by atoms with Gasteiger partial charge in [0.25, 0.3) is 0 Å². The van der Waals surface area contributed by atoms with Crippen molar-refractivity contribution in [2.45, 2.75) is 13.1 Å². The van der Waals surface area contributed by atoms with E-state index in [1.54, 1.807) is 12.3 Å². The normalized spacial score (nSPS) is 11.6. The van der Waals surface area contributed by atoms with Crippen LogP contribution in [0.25, 0.3) is 10.9 Å². The number of rotatable bonds is 2. The third-order valence-corrected chi connectivity index (χ3v) is 3.39. The number of halogens is 3. The van der Waals surface area contributed by atoms with Crippen LogP contribution in [0.3, 0.4) is 0 Å². The predicted molar refractivity (Wildman–Crippen MR) is 81.2 cm³/mol. The average Bonchev–Trinajstić information content (AvgIpc) is 2.47. The zero-order valence-corrected chi connectivity index (χ0v) is 11.8. The Morgan fingerprint density at radius 1 is 0.955 bits per heavy atom. The molecule has 0 atom stereocenters. The van der Waals surface area contributed by atoms with Crippen molar-refractivity contribution in [2.24, 2.45) is 0 Å². The van der Waals surface area contributed by atoms with Gasteiger partial charge in [0.2, 0.25) is 0 Å². The Bertz CT molecular complexity index is 808. The lowest BCUT2D eigenvalue weighted by atomic mass is 10.1. The Labute approximate surface area is 125 Å². The number of anilines is 2. The van der Waals surface area contributed by atoms with Crippen LogP contribution in [0, 0.1) is 6.92 Å². The third kappa shape index (κ3) is 2.88. The summed E-state index contributed by atoms with van der Waals surface area (Å²) in [7, 11) is 0. The summed E-state index contributed by atoms with van der Waals surface area (Å²) in [6.07, 6.45) is -2.65. The highest BCUT2D eigenvalue weighted by Gasteiger charge is 2.29. The van der Waals surface area contributed by atoms with E-state index in [1.165, 1.54) is 12.1 Å². The van der Waals surface area contributed by atoms with E-state index in [4.69, 9.17) is 0 Å². The molecule has 3 rings (SSSR count). The molecule has 5 heteroatoms. The second kappa shape index (κ2) is 5.33. The molecular formula is C17H13F3N2. The van der Waals surface area contributed by atoms with Gasteiger partial charge in [-0.15, -0.1) is 0 Å². The number of aromatic nitrogens is 1. The molecule has 0 aliphatic carbocycles. The number of nitrogens with zero attached hydrogens (tertiary/aromatic N) is 1. The lowest BCUT2D eigenvalue weighted by Gasteiger charge is -2.11. The molecule has 1 aromatic heterocycles. The first-order valence-corrected chi connectivity index (χ1v) is 6.73. The molecule has 0 saturated carbocycles. The van der Waals surface area contributed by atoms with Gasteiger partial charge >= 0.3 is 6.18 Å². The molecule has 0 unspecified atom stereocenters. The van der Waals surface area contributed by atoms with Crippen molar-refractivity contribution in [2.75, 3.05) is 5.32 Å². The molecule has 1 N–H and O–H groups in total. The van der Waals surface area contributed by atoms with Crippen molar-refractivity contribution in [1.29, 1.82) is 0 Å². The molecule has 2 nitrogen and oxygen atoms in total. The Hall–Kier alpha value is -2.56. The van der Waals surface area contributed by atoms with Gasteiger partial charge in [0, 0.05) is 23.0 Å². The summed E-state index contributed by atoms with van der Waals surface area (Å²) in [6.45, 7) is 1.98. The first-order valence-electron chi connectivity index (χ1n) is 6.73. The highest BCUT2D eigenvalue weighted by molar-refractivity contribution is 5.93. The molecule has 22 heavy (non-hydrogen) atoms. The Morgan fingerprint density at radius 3 is 2.36 bits per heavy atom. The number of nitrogens with one attached hydrogen (secondary N) is 1. The first kappa shape index (κ1) is 14.4. The Balaban J connectivity index is 1.93. The highest BCUT2D eigenvalue weighted by atomic mass is 19.4. The van der Waals surface area contributed by atoms with Gasteiger partial charge in [-0.05, 0) is 48.9 Å². The smallest absolute Gasteiger partial charge is 0.355 e. The van der Waals surface area contributed by atoms with Gasteiger partial charge < -0.3 is 5.32 Å². The van der Waals surface area contributed by atoms with Crippen LogP contribution >= 0.6 is 0 Å². The fraction of sp³-hybridized carbons (Fsp3) is 0.118. The van der Waals surface area contributed by atoms with Crippen molar-refractivity contribution < 1.29 is 13.2 Å². The highest BCUT2D eigenvalue weighted by Crippen LogP contribution is 2.31. The summed E-state index contributed by atoms with van der Waals surface area (Å²) in [5, 5.41) is 4.06. The van der Waals surface area contributed by atoms with Gasteiger partial charge in [0.1, 0.15) is 0 Å². The van der Waals surface area contributed by atoms with Crippen LogP contribution in [0.5, 0.6) is 0 Å². The molecule has 0 radical (unpaired) electrons. The molecule has 1 heterocycles. The zero-order valence-electron chi connectivity index (χ0n) is 11.8. The number of fused-ring (bicyclic) bond motifs is 1. The van der Waals surface area contributed by atoms with Gasteiger partial charge in [-0.1, -0.05) is 12.1 Å². The Kier molecular flexibility index (Phi) is 3.48. The summed E-state index contributed by atoms with van der Waals surface area (Å²) in [5.41, 5.74) is 2.70. The molecule has 0 spiro atoms. The second-order valence-electron chi connectivity index (χ2n) is 5.08. The molecule has 2 aromatic carbocycles. The van der Waals surface area contributed by atoms with Crippen LogP contribution in [0.4, 0.5) is 24.5 Å². The standard InChI is InChI=1S/C17H13F3N2/c1-11-2-7-14-15(8-9-21-16(14)10-11)22-13-5-3-12(4-6-13)17(18,19)20/h2-10H,1H3,(H,21,22). The minimum atomic E-state index is -4.32. The van der Waals surface area contributed by atoms with Crippen molar-refractivity contribution >= 4 is 22.3 Å². The van der Waals surface area contributed by atoms with Crippen LogP contribution in [0.15, 0.2) is 54.7 Å². The van der Waals surface area contributed by atoms with Gasteiger partial charge in [0.15, 0.2) is 0 Å². The molecular weight excluding hydrogens is 289 g/mol. The van der Waals surface area contributed by atoms with Crippen molar-refractivity contribution in [1.82, 2.24) is 4.98 Å². The molecule has 0 fully saturated rings. The molecule has 0 bridgehead atoms. The average molecular weight is 302 g/mol. The maximum absolute atomic E-state index is 12.6. The third-order valence-electron chi connectivity index (χ3n) is 3.39. The molecule has 0 aliphatic heterocycles. The maximum Gasteiger partial charge on any atom is 0.416 e. The lowest BCUT2D eigenvalue weighted by molar-refractivity contribution is -0.137. The monoisotopic (exact) mass is 302 g/mol. The quantitative estimate of drug-likeness (QED) is 0.694. The fourth-order valence-corrected chi connectivity index (χ4v) is 2.27. The van der Waals surface area contributed by atoms with E-state index in [1.807, 2.05) is 25.1 Å². The summed E-state index contributed by atoms with van der Waals surface area (Å²) < 4.78 is 37.7. The summed E-state index contributed by atoms with van der Waals surface area (Å²) in [6, 6.07) is 12.7. The summed E-state index contributed by atoms with van der Waals surface area (Å²) >= 11 is 0. The van der Waals surface area contributed by atoms with Gasteiger partial charge in [-0.2, -0.15) is 13.2 Å². The van der Waals surface area contributed by atoms with Crippen molar-refractivity contribution in [3.8, 4) is 0 Å². The summed E-state index contributed by atoms with van der Waals surface area (Å²) in [5.74, 6) is 0. The van der Waals surface area contributed by atoms with E-state index in [-0.39, 0.29) is 0 Å². The zero-order chi connectivity index (χ0) is 15.7. The first-order chi connectivity index (χ1) is 10.4. The minimum Gasteiger partial charge on any atom is -0.355 e. The van der Waals surface area contributed by atoms with Crippen LogP contribution in [0.1, 0.15) is 11.1 Å². The number of hydrogen-bond acceptors (Lipinski definition) is 2. The lowest BCUT2D eigenvalue weighted by Crippen LogP contribution is -2.04. The van der Waals surface area contributed by atoms with Crippen LogP contribution in [-0.4, -0.2) is 4.98 Å². The second-order valence-corrected chi connectivity index (χ2v) is 5.08. The van der Waals surface area contributed by atoms with E-state index in [0.29, 0.717) is 5.69 Å². The number of benzene rings is 2. The molecule has 0 amide bonds. The molecule has 0 aliphatic rings. The van der Waals surface area contributed by atoms with Crippen LogP contribution in [0.2, 0.25) is 0 Å². The van der Waals surface area contributed by atoms with Crippen LogP contribution < -0.4 is 5.32 Å². The van der Waals surface area contributed by atoms with Gasteiger partial charge in [-0.25, -0.2) is 0 Å². The predicted octanol–water partition coefficient (Wildman–Crippen LogP) is 5.31. The Morgan fingerprint density at radius 2 is 1.68 bits per heavy atom. The van der Waals surface area contributed by atoms with E-state index >= 15 is 0 Å². The van der Waals surface area contributed by atoms with E-state index in [0.717, 1.165) is 34.3 Å². The van der Waals surface area contributed by atoms with Gasteiger partial charge in [-0.3, -0.25) is 4.98 Å². The molecule has 0 saturated heterocycles. The number of aryl methyl sites for hydroxylation is 1. The molecule has 3 aromatic rings. The summed E-state index contributed by atoms with van der Waals surface area (Å²) in [4.78, 5) is 4.30. The maximum atomic E-state index is 12.6. The SMILES string of the molecule is Cc1ccc2c(Nc3ccc(C(F)(F)F)cc3)ccnc2c1. The minimum absolute atomic E-state index is 0.598. The number of hydrogen-bond donors (Lipinski definition) is 1. The topological polar surface area (TPSA) is 24.9 Å².